The monoisotopic (exact) mass is 283 g/mol. The van der Waals surface area contributed by atoms with Crippen LogP contribution in [-0.4, -0.2) is 42.5 Å². The molecule has 1 aliphatic rings. The summed E-state index contributed by atoms with van der Waals surface area (Å²) in [6.07, 6.45) is 7.11. The van der Waals surface area contributed by atoms with Gasteiger partial charge in [-0.05, 0) is 45.2 Å². The number of nitrogens with zero attached hydrogens (tertiary/aromatic N) is 1. The van der Waals surface area contributed by atoms with Crippen molar-refractivity contribution >= 4 is 5.91 Å². The summed E-state index contributed by atoms with van der Waals surface area (Å²) >= 11 is 0. The van der Waals surface area contributed by atoms with Crippen molar-refractivity contribution in [2.24, 2.45) is 11.7 Å². The molecule has 0 aromatic rings. The first-order valence-corrected chi connectivity index (χ1v) is 8.39. The van der Waals surface area contributed by atoms with Gasteiger partial charge in [-0.3, -0.25) is 9.69 Å². The Bertz CT molecular complexity index is 283. The molecule has 1 aliphatic carbocycles. The van der Waals surface area contributed by atoms with E-state index >= 15 is 0 Å². The van der Waals surface area contributed by atoms with E-state index in [2.05, 4.69) is 24.1 Å². The summed E-state index contributed by atoms with van der Waals surface area (Å²) in [6, 6.07) is 0.430. The molecule has 1 fully saturated rings. The predicted molar refractivity (Wildman–Crippen MR) is 84.6 cm³/mol. The highest BCUT2D eigenvalue weighted by Crippen LogP contribution is 2.29. The fourth-order valence-corrected chi connectivity index (χ4v) is 3.38. The first-order valence-electron chi connectivity index (χ1n) is 8.39. The lowest BCUT2D eigenvalue weighted by Gasteiger charge is -2.41. The van der Waals surface area contributed by atoms with E-state index in [1.807, 2.05) is 6.92 Å². The van der Waals surface area contributed by atoms with Crippen molar-refractivity contribution in [1.29, 1.82) is 0 Å². The number of nitrogens with one attached hydrogen (secondary N) is 1. The summed E-state index contributed by atoms with van der Waals surface area (Å²) in [4.78, 5) is 14.6. The van der Waals surface area contributed by atoms with E-state index in [4.69, 9.17) is 5.73 Å². The van der Waals surface area contributed by atoms with Crippen LogP contribution in [0.15, 0.2) is 0 Å². The fourth-order valence-electron chi connectivity index (χ4n) is 3.38. The van der Waals surface area contributed by atoms with E-state index in [-0.39, 0.29) is 11.9 Å². The fraction of sp³-hybridized carbons (Fsp3) is 0.938. The van der Waals surface area contributed by atoms with Crippen LogP contribution in [0.3, 0.4) is 0 Å². The molecule has 0 aliphatic heterocycles. The average Bonchev–Trinajstić information content (AvgIpc) is 2.48. The van der Waals surface area contributed by atoms with Crippen molar-refractivity contribution < 1.29 is 4.79 Å². The lowest BCUT2D eigenvalue weighted by atomic mass is 9.83. The van der Waals surface area contributed by atoms with E-state index in [1.54, 1.807) is 0 Å². The van der Waals surface area contributed by atoms with Crippen LogP contribution in [0, 0.1) is 5.92 Å². The van der Waals surface area contributed by atoms with Gasteiger partial charge in [-0.2, -0.15) is 0 Å². The Balaban J connectivity index is 2.60. The lowest BCUT2D eigenvalue weighted by Crippen LogP contribution is -2.53. The van der Waals surface area contributed by atoms with Gasteiger partial charge in [0.25, 0.3) is 0 Å². The largest absolute Gasteiger partial charge is 0.355 e. The van der Waals surface area contributed by atoms with Crippen molar-refractivity contribution in [3.8, 4) is 0 Å². The Labute approximate surface area is 124 Å². The van der Waals surface area contributed by atoms with Gasteiger partial charge in [0.05, 0.1) is 6.04 Å². The minimum atomic E-state index is -0.0472. The third kappa shape index (κ3) is 4.74. The lowest BCUT2D eigenvalue weighted by molar-refractivity contribution is -0.127. The van der Waals surface area contributed by atoms with Gasteiger partial charge in [-0.25, -0.2) is 0 Å². The van der Waals surface area contributed by atoms with Gasteiger partial charge in [0.15, 0.2) is 0 Å². The number of hydrogen-bond donors (Lipinski definition) is 2. The molecular weight excluding hydrogens is 250 g/mol. The summed E-state index contributed by atoms with van der Waals surface area (Å²) in [6.45, 7) is 8.78. The Hall–Kier alpha value is -0.610. The van der Waals surface area contributed by atoms with Crippen LogP contribution in [-0.2, 0) is 4.79 Å². The van der Waals surface area contributed by atoms with Crippen molar-refractivity contribution in [2.45, 2.75) is 71.4 Å². The summed E-state index contributed by atoms with van der Waals surface area (Å²) in [5, 5.41) is 3.06. The molecule has 0 heterocycles. The van der Waals surface area contributed by atoms with Gasteiger partial charge >= 0.3 is 0 Å². The van der Waals surface area contributed by atoms with E-state index in [9.17, 15) is 4.79 Å². The average molecular weight is 283 g/mol. The molecule has 4 nitrogen and oxygen atoms in total. The van der Waals surface area contributed by atoms with Crippen molar-refractivity contribution in [3.05, 3.63) is 0 Å². The van der Waals surface area contributed by atoms with Gasteiger partial charge in [0.2, 0.25) is 5.91 Å². The first-order chi connectivity index (χ1) is 9.65. The second-order valence-electron chi connectivity index (χ2n) is 6.00. The Morgan fingerprint density at radius 3 is 2.65 bits per heavy atom. The van der Waals surface area contributed by atoms with Crippen LogP contribution in [0.25, 0.3) is 0 Å². The molecule has 1 rings (SSSR count). The third-order valence-electron chi connectivity index (χ3n) is 4.67. The van der Waals surface area contributed by atoms with E-state index in [0.717, 1.165) is 32.5 Å². The molecule has 0 saturated heterocycles. The number of hydrogen-bond acceptors (Lipinski definition) is 3. The number of likely N-dealkylation sites (N-methyl/N-ethyl adjacent to an activating group) is 1. The van der Waals surface area contributed by atoms with E-state index in [0.29, 0.717) is 12.0 Å². The second kappa shape index (κ2) is 9.35. The van der Waals surface area contributed by atoms with Gasteiger partial charge < -0.3 is 11.1 Å². The molecule has 0 bridgehead atoms. The first kappa shape index (κ1) is 17.4. The molecule has 0 radical (unpaired) electrons. The van der Waals surface area contributed by atoms with Crippen molar-refractivity contribution in [1.82, 2.24) is 10.2 Å². The summed E-state index contributed by atoms with van der Waals surface area (Å²) in [5.74, 6) is 0.719. The maximum atomic E-state index is 12.3. The Kier molecular flexibility index (Phi) is 8.15. The highest BCUT2D eigenvalue weighted by atomic mass is 16.2. The van der Waals surface area contributed by atoms with Gasteiger partial charge in [0.1, 0.15) is 0 Å². The summed E-state index contributed by atoms with van der Waals surface area (Å²) < 4.78 is 0. The molecule has 3 atom stereocenters. The predicted octanol–water partition coefficient (Wildman–Crippen LogP) is 2.13. The standard InChI is InChI=1S/C16H33N3O/c1-4-6-11-18-16(20)13(3)19(5-2)15-10-8-7-9-14(15)12-17/h13-15H,4-12,17H2,1-3H3,(H,18,20). The molecule has 3 unspecified atom stereocenters. The summed E-state index contributed by atoms with van der Waals surface area (Å²) in [5.41, 5.74) is 5.93. The molecule has 20 heavy (non-hydrogen) atoms. The molecule has 1 amide bonds. The Morgan fingerprint density at radius 1 is 1.35 bits per heavy atom. The number of carbonyl (C=O) groups is 1. The highest BCUT2D eigenvalue weighted by molar-refractivity contribution is 5.81. The van der Waals surface area contributed by atoms with Gasteiger partial charge in [0, 0.05) is 12.6 Å². The zero-order valence-electron chi connectivity index (χ0n) is 13.5. The molecule has 0 aromatic heterocycles. The molecule has 0 aromatic carbocycles. The second-order valence-corrected chi connectivity index (χ2v) is 6.00. The molecule has 3 N–H and O–H groups in total. The minimum Gasteiger partial charge on any atom is -0.355 e. The number of nitrogens with two attached hydrogens (primary N) is 1. The molecule has 1 saturated carbocycles. The van der Waals surface area contributed by atoms with Crippen LogP contribution in [0.2, 0.25) is 0 Å². The number of carbonyl (C=O) groups excluding carboxylic acids is 1. The molecule has 4 heteroatoms. The van der Waals surface area contributed by atoms with Crippen LogP contribution < -0.4 is 11.1 Å². The van der Waals surface area contributed by atoms with Crippen molar-refractivity contribution in [2.75, 3.05) is 19.6 Å². The van der Waals surface area contributed by atoms with Gasteiger partial charge in [-0.15, -0.1) is 0 Å². The van der Waals surface area contributed by atoms with E-state index in [1.165, 1.54) is 25.7 Å². The zero-order valence-corrected chi connectivity index (χ0v) is 13.5. The highest BCUT2D eigenvalue weighted by Gasteiger charge is 2.33. The smallest absolute Gasteiger partial charge is 0.237 e. The molecule has 118 valence electrons. The van der Waals surface area contributed by atoms with Crippen LogP contribution in [0.1, 0.15) is 59.3 Å². The molecular formula is C16H33N3O. The summed E-state index contributed by atoms with van der Waals surface area (Å²) in [7, 11) is 0. The van der Waals surface area contributed by atoms with Crippen LogP contribution in [0.5, 0.6) is 0 Å². The normalized spacial score (nSPS) is 24.6. The van der Waals surface area contributed by atoms with Crippen molar-refractivity contribution in [3.63, 3.8) is 0 Å². The topological polar surface area (TPSA) is 58.4 Å². The quantitative estimate of drug-likeness (QED) is 0.671. The zero-order chi connectivity index (χ0) is 15.0. The van der Waals surface area contributed by atoms with E-state index < -0.39 is 0 Å². The number of unbranched alkanes of at least 4 members (excludes halogenated alkanes) is 1. The number of rotatable bonds is 8. The van der Waals surface area contributed by atoms with Crippen LogP contribution in [0.4, 0.5) is 0 Å². The maximum absolute atomic E-state index is 12.3. The minimum absolute atomic E-state index is 0.0472. The molecule has 0 spiro atoms. The van der Waals surface area contributed by atoms with Gasteiger partial charge in [-0.1, -0.05) is 33.1 Å². The number of amides is 1. The SMILES string of the molecule is CCCCNC(=O)C(C)N(CC)C1CCCCC1CN. The Morgan fingerprint density at radius 2 is 2.05 bits per heavy atom. The third-order valence-corrected chi connectivity index (χ3v) is 4.67. The maximum Gasteiger partial charge on any atom is 0.237 e. The van der Waals surface area contributed by atoms with Crippen LogP contribution >= 0.6 is 0 Å².